The first-order valence-corrected chi connectivity index (χ1v) is 17.0. The summed E-state index contributed by atoms with van der Waals surface area (Å²) in [6.45, 7) is 4.34. The molecular weight excluding hydrogens is 664 g/mol. The third-order valence-electron chi connectivity index (χ3n) is 9.83. The molecule has 14 nitrogen and oxygen atoms in total. The number of piperidine rings is 1. The van der Waals surface area contributed by atoms with E-state index in [-0.39, 0.29) is 41.5 Å². The number of aromatic nitrogens is 5. The van der Waals surface area contributed by atoms with Gasteiger partial charge in [0, 0.05) is 42.5 Å². The SMILES string of the molecule is CC(C)(c1ccc(Oc2cc(-n3nccn3)ncn2)cc1)c1ccc(OC2CC(Nc3ccc4c(c3)C(=O)N(C3CCC(=O)NC3=O)C4=O)C2)cc1. The van der Waals surface area contributed by atoms with Crippen LogP contribution in [0, 0.1) is 0 Å². The molecule has 0 bridgehead atoms. The molecule has 2 aliphatic heterocycles. The second-order valence-corrected chi connectivity index (χ2v) is 13.6. The number of anilines is 1. The summed E-state index contributed by atoms with van der Waals surface area (Å²) in [5.41, 5.74) is 3.19. The molecule has 3 aromatic carbocycles. The topological polar surface area (TPSA) is 171 Å². The van der Waals surface area contributed by atoms with Crippen LogP contribution >= 0.6 is 0 Å². The Balaban J connectivity index is 0.840. The Labute approximate surface area is 298 Å². The van der Waals surface area contributed by atoms with Gasteiger partial charge in [-0.2, -0.15) is 10.2 Å². The number of benzene rings is 3. The average Bonchev–Trinajstić information content (AvgIpc) is 3.75. The van der Waals surface area contributed by atoms with Gasteiger partial charge in [-0.25, -0.2) is 9.97 Å². The highest BCUT2D eigenvalue weighted by Gasteiger charge is 2.45. The van der Waals surface area contributed by atoms with Gasteiger partial charge in [0.25, 0.3) is 11.8 Å². The van der Waals surface area contributed by atoms with Gasteiger partial charge in [-0.1, -0.05) is 38.1 Å². The largest absolute Gasteiger partial charge is 0.490 e. The summed E-state index contributed by atoms with van der Waals surface area (Å²) in [5, 5.41) is 13.8. The second kappa shape index (κ2) is 13.0. The Hall–Kier alpha value is -6.44. The van der Waals surface area contributed by atoms with E-state index in [2.05, 4.69) is 56.8 Å². The normalized spacial score (nSPS) is 19.9. The monoisotopic (exact) mass is 698 g/mol. The molecule has 5 aromatic rings. The fraction of sp³-hybridized carbons (Fsp3) is 0.263. The molecule has 2 N–H and O–H groups in total. The van der Waals surface area contributed by atoms with Crippen LogP contribution in [0.4, 0.5) is 5.69 Å². The number of nitrogens with one attached hydrogen (secondary N) is 2. The summed E-state index contributed by atoms with van der Waals surface area (Å²) in [4.78, 5) is 60.8. The average molecular weight is 699 g/mol. The van der Waals surface area contributed by atoms with Gasteiger partial charge < -0.3 is 14.8 Å². The minimum atomic E-state index is -0.989. The third kappa shape index (κ3) is 6.23. The van der Waals surface area contributed by atoms with E-state index in [1.807, 2.05) is 36.4 Å². The molecule has 4 amide bonds. The molecule has 52 heavy (non-hydrogen) atoms. The molecule has 3 aliphatic rings. The Morgan fingerprint density at radius 2 is 1.48 bits per heavy atom. The molecule has 14 heteroatoms. The van der Waals surface area contributed by atoms with Crippen molar-refractivity contribution in [3.8, 4) is 23.2 Å². The van der Waals surface area contributed by atoms with Crippen molar-refractivity contribution in [2.75, 3.05) is 5.32 Å². The molecule has 262 valence electrons. The van der Waals surface area contributed by atoms with Crippen molar-refractivity contribution in [3.63, 3.8) is 0 Å². The molecule has 8 rings (SSSR count). The van der Waals surface area contributed by atoms with Crippen LogP contribution in [0.5, 0.6) is 17.4 Å². The van der Waals surface area contributed by atoms with Crippen molar-refractivity contribution in [2.24, 2.45) is 0 Å². The van der Waals surface area contributed by atoms with E-state index in [9.17, 15) is 19.2 Å². The number of nitrogens with zero attached hydrogens (tertiary/aromatic N) is 6. The zero-order chi connectivity index (χ0) is 36.0. The van der Waals surface area contributed by atoms with Gasteiger partial charge in [0.15, 0.2) is 5.82 Å². The summed E-state index contributed by atoms with van der Waals surface area (Å²) >= 11 is 0. The Kier molecular flexibility index (Phi) is 8.20. The number of amides is 4. The highest BCUT2D eigenvalue weighted by Crippen LogP contribution is 2.36. The van der Waals surface area contributed by atoms with Crippen molar-refractivity contribution in [1.82, 2.24) is 35.2 Å². The molecule has 1 unspecified atom stereocenters. The molecule has 4 heterocycles. The minimum Gasteiger partial charge on any atom is -0.490 e. The number of hydrogen-bond donors (Lipinski definition) is 2. The molecule has 2 aromatic heterocycles. The number of ether oxygens (including phenoxy) is 2. The van der Waals surface area contributed by atoms with Crippen LogP contribution in [0.25, 0.3) is 5.82 Å². The predicted molar refractivity (Wildman–Crippen MR) is 186 cm³/mol. The van der Waals surface area contributed by atoms with Gasteiger partial charge in [-0.3, -0.25) is 29.4 Å². The molecule has 1 saturated heterocycles. The molecule has 1 atom stereocenters. The van der Waals surface area contributed by atoms with E-state index in [1.165, 1.54) is 11.1 Å². The molecule has 2 fully saturated rings. The van der Waals surface area contributed by atoms with E-state index in [4.69, 9.17) is 9.47 Å². The lowest BCUT2D eigenvalue weighted by Gasteiger charge is -2.36. The number of fused-ring (bicyclic) bond motifs is 1. The van der Waals surface area contributed by atoms with Gasteiger partial charge in [-0.15, -0.1) is 4.80 Å². The Morgan fingerprint density at radius 3 is 2.17 bits per heavy atom. The first kappa shape index (κ1) is 32.7. The fourth-order valence-corrected chi connectivity index (χ4v) is 6.78. The summed E-state index contributed by atoms with van der Waals surface area (Å²) in [5.74, 6) is 0.249. The quantitative estimate of drug-likeness (QED) is 0.196. The van der Waals surface area contributed by atoms with Gasteiger partial charge in [0.1, 0.15) is 30.0 Å². The van der Waals surface area contributed by atoms with Gasteiger partial charge >= 0.3 is 0 Å². The number of hydrogen-bond acceptors (Lipinski definition) is 11. The first-order valence-electron chi connectivity index (χ1n) is 17.0. The lowest BCUT2D eigenvalue weighted by molar-refractivity contribution is -0.136. The van der Waals surface area contributed by atoms with Gasteiger partial charge in [0.2, 0.25) is 17.7 Å². The number of carbonyl (C=O) groups is 4. The van der Waals surface area contributed by atoms with Crippen LogP contribution in [0.15, 0.2) is 91.5 Å². The van der Waals surface area contributed by atoms with Crippen LogP contribution in [-0.2, 0) is 15.0 Å². The van der Waals surface area contributed by atoms with E-state index < -0.39 is 29.7 Å². The van der Waals surface area contributed by atoms with Crippen molar-refractivity contribution in [3.05, 3.63) is 114 Å². The lowest BCUT2D eigenvalue weighted by atomic mass is 9.78. The van der Waals surface area contributed by atoms with Crippen molar-refractivity contribution in [1.29, 1.82) is 0 Å². The van der Waals surface area contributed by atoms with E-state index in [1.54, 1.807) is 36.7 Å². The maximum absolute atomic E-state index is 13.2. The lowest BCUT2D eigenvalue weighted by Crippen LogP contribution is -2.54. The highest BCUT2D eigenvalue weighted by molar-refractivity contribution is 6.23. The van der Waals surface area contributed by atoms with E-state index in [0.717, 1.165) is 34.6 Å². The van der Waals surface area contributed by atoms with E-state index >= 15 is 0 Å². The van der Waals surface area contributed by atoms with Crippen LogP contribution in [0.2, 0.25) is 0 Å². The molecule has 0 radical (unpaired) electrons. The van der Waals surface area contributed by atoms with Crippen molar-refractivity contribution < 1.29 is 28.7 Å². The van der Waals surface area contributed by atoms with Crippen LogP contribution in [0.3, 0.4) is 0 Å². The Bertz CT molecular complexity index is 2180. The second-order valence-electron chi connectivity index (χ2n) is 13.6. The smallest absolute Gasteiger partial charge is 0.262 e. The summed E-state index contributed by atoms with van der Waals surface area (Å²) in [6, 6.07) is 21.9. The maximum Gasteiger partial charge on any atom is 0.262 e. The molecule has 0 spiro atoms. The van der Waals surface area contributed by atoms with Crippen molar-refractivity contribution >= 4 is 29.3 Å². The third-order valence-corrected chi connectivity index (χ3v) is 9.83. The van der Waals surface area contributed by atoms with E-state index in [0.29, 0.717) is 23.1 Å². The fourth-order valence-electron chi connectivity index (χ4n) is 6.78. The van der Waals surface area contributed by atoms with Gasteiger partial charge in [-0.05, 0) is 60.0 Å². The first-order chi connectivity index (χ1) is 25.1. The molecule has 1 saturated carbocycles. The van der Waals surface area contributed by atoms with Crippen LogP contribution in [-0.4, -0.2) is 71.7 Å². The van der Waals surface area contributed by atoms with Gasteiger partial charge in [0.05, 0.1) is 23.5 Å². The zero-order valence-electron chi connectivity index (χ0n) is 28.4. The molecular formula is C38H34N8O6. The number of rotatable bonds is 10. The Morgan fingerprint density at radius 1 is 0.808 bits per heavy atom. The summed E-state index contributed by atoms with van der Waals surface area (Å²) < 4.78 is 12.2. The van der Waals surface area contributed by atoms with Crippen LogP contribution < -0.4 is 20.1 Å². The summed E-state index contributed by atoms with van der Waals surface area (Å²) in [7, 11) is 0. The summed E-state index contributed by atoms with van der Waals surface area (Å²) in [6.07, 6.45) is 6.33. The highest BCUT2D eigenvalue weighted by atomic mass is 16.5. The molecule has 1 aliphatic carbocycles. The number of carbonyl (C=O) groups excluding carboxylic acids is 4. The number of imide groups is 2. The van der Waals surface area contributed by atoms with Crippen molar-refractivity contribution in [2.45, 2.75) is 63.1 Å². The maximum atomic E-state index is 13.2. The zero-order valence-corrected chi connectivity index (χ0v) is 28.4. The standard InChI is InChI=1S/C38H34N8O6/c1-38(2,23-5-10-27(11-6-23)52-34-20-32(39-21-40-34)46-41-15-16-42-46)22-3-8-26(9-4-22)51-28-17-25(18-28)43-24-7-12-29-30(19-24)37(50)45(36(29)49)31-13-14-33(47)44-35(31)48/h3-12,15-16,19-21,25,28,31,43H,13-14,17-18H2,1-2H3,(H,44,47,48). The van der Waals surface area contributed by atoms with Crippen LogP contribution in [0.1, 0.15) is 71.4 Å². The minimum absolute atomic E-state index is 0.0336. The predicted octanol–water partition coefficient (Wildman–Crippen LogP) is 4.60.